The standard InChI is InChI=1S/C32H30N4O4/c37-31(35-33-23-25-11-9-17-29(21-25)39-27-13-3-1-4-14-27)19-7-8-20-32(38)36-34-24-26-12-10-18-30(22-26)40-28-15-5-2-6-16-28/h1-6,9-18,21-24H,7-8,19-20H2,(H,35,37)(H,36,38)/b33-23+,34-24+. The molecule has 0 bridgehead atoms. The molecule has 0 saturated carbocycles. The van der Waals surface area contributed by atoms with Crippen LogP contribution in [0.4, 0.5) is 0 Å². The topological polar surface area (TPSA) is 101 Å². The molecule has 4 rings (SSSR count). The van der Waals surface area contributed by atoms with Gasteiger partial charge in [-0.15, -0.1) is 0 Å². The second-order valence-corrected chi connectivity index (χ2v) is 8.77. The van der Waals surface area contributed by atoms with Crippen LogP contribution in [0.5, 0.6) is 23.0 Å². The highest BCUT2D eigenvalue weighted by atomic mass is 16.5. The third-order valence-electron chi connectivity index (χ3n) is 5.54. The SMILES string of the molecule is O=C(CCCCC(=O)N/N=C/c1cccc(Oc2ccccc2)c1)N/N=C/c1cccc(Oc2ccccc2)c1. The van der Waals surface area contributed by atoms with Crippen molar-refractivity contribution in [3.8, 4) is 23.0 Å². The van der Waals surface area contributed by atoms with Crippen LogP contribution >= 0.6 is 0 Å². The molecule has 0 fully saturated rings. The summed E-state index contributed by atoms with van der Waals surface area (Å²) in [5, 5.41) is 8.03. The molecular weight excluding hydrogens is 504 g/mol. The summed E-state index contributed by atoms with van der Waals surface area (Å²) >= 11 is 0. The zero-order valence-electron chi connectivity index (χ0n) is 21.9. The van der Waals surface area contributed by atoms with Gasteiger partial charge in [-0.25, -0.2) is 10.9 Å². The van der Waals surface area contributed by atoms with Crippen LogP contribution in [-0.2, 0) is 9.59 Å². The Morgan fingerprint density at radius 3 is 1.38 bits per heavy atom. The lowest BCUT2D eigenvalue weighted by Gasteiger charge is -2.06. The van der Waals surface area contributed by atoms with Gasteiger partial charge in [0.1, 0.15) is 23.0 Å². The molecule has 2 amide bonds. The molecule has 0 radical (unpaired) electrons. The number of amides is 2. The fraction of sp³-hybridized carbons (Fsp3) is 0.125. The second-order valence-electron chi connectivity index (χ2n) is 8.77. The third kappa shape index (κ3) is 9.90. The van der Waals surface area contributed by atoms with E-state index in [2.05, 4.69) is 21.1 Å². The number of carbonyl (C=O) groups excluding carboxylic acids is 2. The predicted octanol–water partition coefficient (Wildman–Crippen LogP) is 6.43. The minimum atomic E-state index is -0.219. The van der Waals surface area contributed by atoms with Crippen molar-refractivity contribution in [3.63, 3.8) is 0 Å². The first-order chi connectivity index (χ1) is 19.6. The number of para-hydroxylation sites is 2. The van der Waals surface area contributed by atoms with Gasteiger partial charge in [-0.3, -0.25) is 9.59 Å². The van der Waals surface area contributed by atoms with Gasteiger partial charge in [0.2, 0.25) is 11.8 Å². The molecule has 0 aliphatic rings. The van der Waals surface area contributed by atoms with Gasteiger partial charge >= 0.3 is 0 Å². The Kier molecular flexibility index (Phi) is 10.6. The van der Waals surface area contributed by atoms with Crippen LogP contribution in [0.15, 0.2) is 119 Å². The van der Waals surface area contributed by atoms with Gasteiger partial charge in [0, 0.05) is 12.8 Å². The molecule has 8 heteroatoms. The number of benzene rings is 4. The zero-order chi connectivity index (χ0) is 27.8. The summed E-state index contributed by atoms with van der Waals surface area (Å²) in [4.78, 5) is 24.1. The first-order valence-electron chi connectivity index (χ1n) is 12.9. The van der Waals surface area contributed by atoms with E-state index >= 15 is 0 Å². The van der Waals surface area contributed by atoms with Gasteiger partial charge in [0.25, 0.3) is 0 Å². The maximum absolute atomic E-state index is 12.1. The second kappa shape index (κ2) is 15.2. The van der Waals surface area contributed by atoms with Gasteiger partial charge in [0.05, 0.1) is 12.4 Å². The van der Waals surface area contributed by atoms with Crippen molar-refractivity contribution in [2.24, 2.45) is 10.2 Å². The fourth-order valence-electron chi connectivity index (χ4n) is 3.61. The van der Waals surface area contributed by atoms with Gasteiger partial charge in [-0.2, -0.15) is 10.2 Å². The Morgan fingerprint density at radius 1 is 0.550 bits per heavy atom. The van der Waals surface area contributed by atoms with E-state index in [-0.39, 0.29) is 24.7 Å². The molecule has 0 unspecified atom stereocenters. The van der Waals surface area contributed by atoms with Crippen molar-refractivity contribution in [2.45, 2.75) is 25.7 Å². The van der Waals surface area contributed by atoms with Crippen LogP contribution in [0.2, 0.25) is 0 Å². The summed E-state index contributed by atoms with van der Waals surface area (Å²) in [5.74, 6) is 2.40. The Labute approximate surface area is 233 Å². The monoisotopic (exact) mass is 534 g/mol. The maximum Gasteiger partial charge on any atom is 0.240 e. The van der Waals surface area contributed by atoms with E-state index in [9.17, 15) is 9.59 Å². The molecule has 0 aliphatic carbocycles. The molecule has 0 aromatic heterocycles. The number of hydrogen-bond donors (Lipinski definition) is 2. The summed E-state index contributed by atoms with van der Waals surface area (Å²) < 4.78 is 11.6. The average Bonchev–Trinajstić information content (AvgIpc) is 2.97. The molecule has 40 heavy (non-hydrogen) atoms. The highest BCUT2D eigenvalue weighted by Gasteiger charge is 2.04. The summed E-state index contributed by atoms with van der Waals surface area (Å²) in [6, 6.07) is 33.8. The lowest BCUT2D eigenvalue weighted by molar-refractivity contribution is -0.123. The lowest BCUT2D eigenvalue weighted by atomic mass is 10.2. The van der Waals surface area contributed by atoms with Crippen molar-refractivity contribution in [2.75, 3.05) is 0 Å². The van der Waals surface area contributed by atoms with E-state index in [4.69, 9.17) is 9.47 Å². The van der Waals surface area contributed by atoms with Crippen molar-refractivity contribution >= 4 is 24.2 Å². The molecule has 8 nitrogen and oxygen atoms in total. The Balaban J connectivity index is 1.11. The molecule has 2 N–H and O–H groups in total. The molecule has 0 aliphatic heterocycles. The molecule has 4 aromatic rings. The van der Waals surface area contributed by atoms with Crippen LogP contribution in [0.1, 0.15) is 36.8 Å². The molecular formula is C32H30N4O4. The van der Waals surface area contributed by atoms with Crippen molar-refractivity contribution in [1.82, 2.24) is 10.9 Å². The predicted molar refractivity (Wildman–Crippen MR) is 156 cm³/mol. The Morgan fingerprint density at radius 2 is 0.950 bits per heavy atom. The average molecular weight is 535 g/mol. The Hall–Kier alpha value is -5.24. The number of nitrogens with one attached hydrogen (secondary N) is 2. The van der Waals surface area contributed by atoms with Crippen LogP contribution < -0.4 is 20.3 Å². The molecule has 0 saturated heterocycles. The van der Waals surface area contributed by atoms with Crippen LogP contribution in [0.3, 0.4) is 0 Å². The number of carbonyl (C=O) groups is 2. The van der Waals surface area contributed by atoms with Crippen molar-refractivity contribution in [3.05, 3.63) is 120 Å². The largest absolute Gasteiger partial charge is 0.457 e. The smallest absolute Gasteiger partial charge is 0.240 e. The zero-order valence-corrected chi connectivity index (χ0v) is 21.9. The van der Waals surface area contributed by atoms with Crippen molar-refractivity contribution < 1.29 is 19.1 Å². The van der Waals surface area contributed by atoms with Gasteiger partial charge in [0.15, 0.2) is 0 Å². The summed E-state index contributed by atoms with van der Waals surface area (Å²) in [6.45, 7) is 0. The molecule has 202 valence electrons. The van der Waals surface area contributed by atoms with E-state index in [0.717, 1.165) is 22.6 Å². The summed E-state index contributed by atoms with van der Waals surface area (Å²) in [7, 11) is 0. The highest BCUT2D eigenvalue weighted by Crippen LogP contribution is 2.22. The van der Waals surface area contributed by atoms with Crippen LogP contribution in [0, 0.1) is 0 Å². The van der Waals surface area contributed by atoms with E-state index in [1.807, 2.05) is 109 Å². The van der Waals surface area contributed by atoms with E-state index in [1.165, 1.54) is 0 Å². The third-order valence-corrected chi connectivity index (χ3v) is 5.54. The fourth-order valence-corrected chi connectivity index (χ4v) is 3.61. The summed E-state index contributed by atoms with van der Waals surface area (Å²) in [6.07, 6.45) is 4.75. The van der Waals surface area contributed by atoms with Gasteiger partial charge < -0.3 is 9.47 Å². The number of rotatable bonds is 13. The number of nitrogens with zero attached hydrogens (tertiary/aromatic N) is 2. The lowest BCUT2D eigenvalue weighted by Crippen LogP contribution is -2.19. The van der Waals surface area contributed by atoms with E-state index in [1.54, 1.807) is 12.4 Å². The first-order valence-corrected chi connectivity index (χ1v) is 12.9. The minimum absolute atomic E-state index is 0.219. The van der Waals surface area contributed by atoms with E-state index in [0.29, 0.717) is 24.3 Å². The Bertz CT molecular complexity index is 1330. The minimum Gasteiger partial charge on any atom is -0.457 e. The summed E-state index contributed by atoms with van der Waals surface area (Å²) in [5.41, 5.74) is 6.62. The highest BCUT2D eigenvalue weighted by molar-refractivity contribution is 5.83. The van der Waals surface area contributed by atoms with E-state index < -0.39 is 0 Å². The first kappa shape index (κ1) is 27.8. The van der Waals surface area contributed by atoms with Crippen LogP contribution in [-0.4, -0.2) is 24.2 Å². The molecule has 0 atom stereocenters. The number of ether oxygens (including phenoxy) is 2. The normalized spacial score (nSPS) is 10.9. The quantitative estimate of drug-likeness (QED) is 0.117. The number of hydrogen-bond acceptors (Lipinski definition) is 6. The number of unbranched alkanes of at least 4 members (excludes halogenated alkanes) is 1. The maximum atomic E-state index is 12.1. The number of hydrazone groups is 2. The molecule has 4 aromatic carbocycles. The van der Waals surface area contributed by atoms with Gasteiger partial charge in [-0.05, 0) is 72.5 Å². The molecule has 0 spiro atoms. The molecule has 0 heterocycles. The van der Waals surface area contributed by atoms with Crippen LogP contribution in [0.25, 0.3) is 0 Å². The van der Waals surface area contributed by atoms with Crippen molar-refractivity contribution in [1.29, 1.82) is 0 Å². The van der Waals surface area contributed by atoms with Gasteiger partial charge in [-0.1, -0.05) is 60.7 Å².